The number of hydrogen-bond acceptors (Lipinski definition) is 1. The summed E-state index contributed by atoms with van der Waals surface area (Å²) in [7, 11) is 0. The van der Waals surface area contributed by atoms with Crippen molar-refractivity contribution in [2.45, 2.75) is 32.6 Å². The molecular formula is C16H19N. The third kappa shape index (κ3) is 2.73. The molecule has 0 atom stereocenters. The van der Waals surface area contributed by atoms with Gasteiger partial charge in [-0.15, -0.1) is 6.58 Å². The van der Waals surface area contributed by atoms with Crippen LogP contribution >= 0.6 is 0 Å². The summed E-state index contributed by atoms with van der Waals surface area (Å²) < 4.78 is 0. The lowest BCUT2D eigenvalue weighted by Gasteiger charge is -2.07. The molecule has 0 spiro atoms. The van der Waals surface area contributed by atoms with E-state index in [1.807, 2.05) is 12.3 Å². The molecule has 0 saturated carbocycles. The first-order chi connectivity index (χ1) is 8.20. The lowest BCUT2D eigenvalue weighted by Crippen LogP contribution is -1.92. The van der Waals surface area contributed by atoms with E-state index in [4.69, 9.17) is 0 Å². The van der Waals surface area contributed by atoms with Gasteiger partial charge in [0, 0.05) is 17.3 Å². The molecule has 2 rings (SSSR count). The first-order valence-corrected chi connectivity index (χ1v) is 6.20. The molecule has 88 valence electrons. The number of aromatic nitrogens is 1. The maximum Gasteiger partial charge on any atom is 0.0435 e. The molecule has 0 radical (unpaired) electrons. The Kier molecular flexibility index (Phi) is 3.58. The molecule has 0 aliphatic carbocycles. The van der Waals surface area contributed by atoms with Crippen LogP contribution in [0.2, 0.25) is 0 Å². The first-order valence-electron chi connectivity index (χ1n) is 6.20. The van der Waals surface area contributed by atoms with Gasteiger partial charge in [-0.1, -0.05) is 38.1 Å². The van der Waals surface area contributed by atoms with Gasteiger partial charge >= 0.3 is 0 Å². The highest BCUT2D eigenvalue weighted by molar-refractivity contribution is 5.82. The molecule has 0 saturated heterocycles. The van der Waals surface area contributed by atoms with Crippen LogP contribution < -0.4 is 0 Å². The predicted octanol–water partition coefficient (Wildman–Crippen LogP) is 4.48. The normalized spacial score (nSPS) is 11.0. The van der Waals surface area contributed by atoms with E-state index in [0.29, 0.717) is 5.92 Å². The number of pyridine rings is 1. The summed E-state index contributed by atoms with van der Waals surface area (Å²) in [5.74, 6) is 0.483. The van der Waals surface area contributed by atoms with Crippen molar-refractivity contribution in [1.29, 1.82) is 0 Å². The molecule has 1 heteroatoms. The van der Waals surface area contributed by atoms with Crippen LogP contribution in [0, 0.1) is 0 Å². The zero-order valence-corrected chi connectivity index (χ0v) is 10.6. The van der Waals surface area contributed by atoms with Crippen molar-refractivity contribution in [3.8, 4) is 0 Å². The molecule has 1 aromatic carbocycles. The van der Waals surface area contributed by atoms with E-state index in [2.05, 4.69) is 49.7 Å². The largest absolute Gasteiger partial charge is 0.260 e. The van der Waals surface area contributed by atoms with Gasteiger partial charge in [0.15, 0.2) is 0 Å². The van der Waals surface area contributed by atoms with Crippen LogP contribution in [0.25, 0.3) is 10.8 Å². The van der Waals surface area contributed by atoms with Crippen molar-refractivity contribution < 1.29 is 0 Å². The van der Waals surface area contributed by atoms with Crippen molar-refractivity contribution in [2.75, 3.05) is 0 Å². The zero-order valence-electron chi connectivity index (χ0n) is 10.6. The van der Waals surface area contributed by atoms with Crippen molar-refractivity contribution >= 4 is 10.8 Å². The van der Waals surface area contributed by atoms with E-state index in [-0.39, 0.29) is 0 Å². The van der Waals surface area contributed by atoms with Crippen LogP contribution in [-0.2, 0) is 6.42 Å². The molecule has 0 unspecified atom stereocenters. The number of hydrogen-bond donors (Lipinski definition) is 0. The third-order valence-electron chi connectivity index (χ3n) is 3.04. The van der Waals surface area contributed by atoms with Gasteiger partial charge in [-0.05, 0) is 35.8 Å². The highest BCUT2D eigenvalue weighted by atomic mass is 14.7. The van der Waals surface area contributed by atoms with Crippen molar-refractivity contribution in [2.24, 2.45) is 0 Å². The predicted molar refractivity (Wildman–Crippen MR) is 74.4 cm³/mol. The Morgan fingerprint density at radius 3 is 2.76 bits per heavy atom. The third-order valence-corrected chi connectivity index (χ3v) is 3.04. The fourth-order valence-electron chi connectivity index (χ4n) is 1.95. The van der Waals surface area contributed by atoms with Crippen LogP contribution in [0.3, 0.4) is 0 Å². The summed E-state index contributed by atoms with van der Waals surface area (Å²) in [6.07, 6.45) is 6.05. The fraction of sp³-hybridized carbons (Fsp3) is 0.312. The number of allylic oxidation sites excluding steroid dienone is 1. The Labute approximate surface area is 103 Å². The highest BCUT2D eigenvalue weighted by Crippen LogP contribution is 2.20. The topological polar surface area (TPSA) is 12.9 Å². The number of nitrogens with zero attached hydrogens (tertiary/aromatic N) is 1. The maximum absolute atomic E-state index is 4.48. The first kappa shape index (κ1) is 11.8. The van der Waals surface area contributed by atoms with Gasteiger partial charge in [0.05, 0.1) is 0 Å². The molecule has 0 fully saturated rings. The Hall–Kier alpha value is -1.63. The van der Waals surface area contributed by atoms with E-state index >= 15 is 0 Å². The molecule has 1 aromatic heterocycles. The zero-order chi connectivity index (χ0) is 12.3. The number of rotatable bonds is 4. The standard InChI is InChI=1S/C16H19N/c1-4-5-6-13-7-8-14-11-17-16(12(2)3)10-15(14)9-13/h4,7-12H,1,5-6H2,2-3H3. The van der Waals surface area contributed by atoms with Crippen molar-refractivity contribution in [3.05, 3.63) is 54.4 Å². The molecule has 0 aliphatic heterocycles. The number of fused-ring (bicyclic) bond motifs is 1. The van der Waals surface area contributed by atoms with E-state index < -0.39 is 0 Å². The molecule has 0 bridgehead atoms. The second kappa shape index (κ2) is 5.13. The molecule has 0 aliphatic rings. The van der Waals surface area contributed by atoms with Crippen LogP contribution in [0.1, 0.15) is 37.4 Å². The molecular weight excluding hydrogens is 206 g/mol. The van der Waals surface area contributed by atoms with E-state index in [1.54, 1.807) is 0 Å². The van der Waals surface area contributed by atoms with E-state index in [9.17, 15) is 0 Å². The summed E-state index contributed by atoms with van der Waals surface area (Å²) in [5, 5.41) is 2.52. The fourth-order valence-corrected chi connectivity index (χ4v) is 1.95. The number of aryl methyl sites for hydroxylation is 1. The second-order valence-corrected chi connectivity index (χ2v) is 4.77. The summed E-state index contributed by atoms with van der Waals surface area (Å²) in [5.41, 5.74) is 2.54. The van der Waals surface area contributed by atoms with Gasteiger partial charge in [-0.25, -0.2) is 0 Å². The Morgan fingerprint density at radius 1 is 1.24 bits per heavy atom. The van der Waals surface area contributed by atoms with Crippen LogP contribution in [0.15, 0.2) is 43.1 Å². The van der Waals surface area contributed by atoms with Crippen molar-refractivity contribution in [1.82, 2.24) is 4.98 Å². The summed E-state index contributed by atoms with van der Waals surface area (Å²) in [4.78, 5) is 4.48. The van der Waals surface area contributed by atoms with Gasteiger partial charge < -0.3 is 0 Å². The molecule has 1 nitrogen and oxygen atoms in total. The second-order valence-electron chi connectivity index (χ2n) is 4.77. The smallest absolute Gasteiger partial charge is 0.0435 e. The van der Waals surface area contributed by atoms with Gasteiger partial charge in [0.25, 0.3) is 0 Å². The minimum atomic E-state index is 0.483. The van der Waals surface area contributed by atoms with E-state index in [1.165, 1.54) is 22.0 Å². The Balaban J connectivity index is 2.39. The average molecular weight is 225 g/mol. The van der Waals surface area contributed by atoms with E-state index in [0.717, 1.165) is 12.8 Å². The quantitative estimate of drug-likeness (QED) is 0.699. The summed E-state index contributed by atoms with van der Waals surface area (Å²) >= 11 is 0. The van der Waals surface area contributed by atoms with Gasteiger partial charge in [0.2, 0.25) is 0 Å². The summed E-state index contributed by atoms with van der Waals surface area (Å²) in [6, 6.07) is 8.82. The van der Waals surface area contributed by atoms with Crippen molar-refractivity contribution in [3.63, 3.8) is 0 Å². The lowest BCUT2D eigenvalue weighted by molar-refractivity contribution is 0.826. The minimum absolute atomic E-state index is 0.483. The summed E-state index contributed by atoms with van der Waals surface area (Å²) in [6.45, 7) is 8.12. The average Bonchev–Trinajstić information content (AvgIpc) is 2.35. The van der Waals surface area contributed by atoms with Gasteiger partial charge in [-0.2, -0.15) is 0 Å². The van der Waals surface area contributed by atoms with Gasteiger partial charge in [-0.3, -0.25) is 4.98 Å². The monoisotopic (exact) mass is 225 g/mol. The molecule has 0 amide bonds. The minimum Gasteiger partial charge on any atom is -0.260 e. The molecule has 0 N–H and O–H groups in total. The van der Waals surface area contributed by atoms with Crippen LogP contribution in [0.4, 0.5) is 0 Å². The SMILES string of the molecule is C=CCCc1ccc2cnc(C(C)C)cc2c1. The maximum atomic E-state index is 4.48. The molecule has 1 heterocycles. The lowest BCUT2D eigenvalue weighted by atomic mass is 10.0. The number of benzene rings is 1. The molecule has 2 aromatic rings. The molecule has 17 heavy (non-hydrogen) atoms. The van der Waals surface area contributed by atoms with Gasteiger partial charge in [0.1, 0.15) is 0 Å². The Bertz CT molecular complexity index is 526. The van der Waals surface area contributed by atoms with Crippen LogP contribution in [-0.4, -0.2) is 4.98 Å². The highest BCUT2D eigenvalue weighted by Gasteiger charge is 2.03. The van der Waals surface area contributed by atoms with Crippen LogP contribution in [0.5, 0.6) is 0 Å². The Morgan fingerprint density at radius 2 is 2.06 bits per heavy atom.